The first-order chi connectivity index (χ1) is 13.4. The minimum absolute atomic E-state index is 0.474. The molecule has 2 aliphatic rings. The van der Waals surface area contributed by atoms with Crippen LogP contribution in [0.1, 0.15) is 39.0 Å². The molecule has 2 fully saturated rings. The molecule has 4 amide bonds. The van der Waals surface area contributed by atoms with E-state index in [1.807, 2.05) is 6.07 Å². The molecule has 1 aromatic rings. The highest BCUT2D eigenvalue weighted by molar-refractivity contribution is 6.08. The first kappa shape index (κ1) is 19.7. The van der Waals surface area contributed by atoms with E-state index in [1.165, 1.54) is 6.92 Å². The molecule has 1 aromatic carbocycles. The number of carbonyl (C=O) groups is 4. The third-order valence-corrected chi connectivity index (χ3v) is 4.84. The molecule has 150 valence electrons. The van der Waals surface area contributed by atoms with Crippen LogP contribution in [0.5, 0.6) is 5.75 Å². The van der Waals surface area contributed by atoms with Crippen LogP contribution < -0.4 is 15.5 Å². The van der Waals surface area contributed by atoms with Crippen molar-refractivity contribution in [3.63, 3.8) is 0 Å². The van der Waals surface area contributed by atoms with Crippen molar-refractivity contribution in [1.29, 1.82) is 0 Å². The van der Waals surface area contributed by atoms with Crippen molar-refractivity contribution in [1.82, 2.24) is 15.8 Å². The minimum atomic E-state index is -0.933. The molecule has 1 aliphatic carbocycles. The number of hydrogen-bond acceptors (Lipinski definition) is 6. The van der Waals surface area contributed by atoms with Crippen molar-refractivity contribution in [2.24, 2.45) is 0 Å². The summed E-state index contributed by atoms with van der Waals surface area (Å²) in [6, 6.07) is 8.04. The fourth-order valence-corrected chi connectivity index (χ4v) is 3.38. The second-order valence-electron chi connectivity index (χ2n) is 6.93. The third kappa shape index (κ3) is 4.24. The van der Waals surface area contributed by atoms with E-state index in [0.29, 0.717) is 23.6 Å². The van der Waals surface area contributed by atoms with Gasteiger partial charge in [-0.05, 0) is 31.9 Å². The Labute approximate surface area is 162 Å². The molecule has 9 nitrogen and oxygen atoms in total. The Bertz CT molecular complexity index is 760. The topological polar surface area (TPSA) is 114 Å². The van der Waals surface area contributed by atoms with Crippen LogP contribution in [0.3, 0.4) is 0 Å². The zero-order chi connectivity index (χ0) is 20.1. The maximum absolute atomic E-state index is 12.6. The van der Waals surface area contributed by atoms with Gasteiger partial charge in [0.2, 0.25) is 0 Å². The summed E-state index contributed by atoms with van der Waals surface area (Å²) in [5.41, 5.74) is 1.28. The van der Waals surface area contributed by atoms with Crippen LogP contribution in [0.25, 0.3) is 0 Å². The van der Waals surface area contributed by atoms with Gasteiger partial charge in [-0.15, -0.1) is 0 Å². The van der Waals surface area contributed by atoms with Crippen LogP contribution in [0.4, 0.5) is 4.79 Å². The number of imide groups is 1. The minimum Gasteiger partial charge on any atom is -0.479 e. The zero-order valence-electron chi connectivity index (χ0n) is 15.6. The molecule has 9 heteroatoms. The Balaban J connectivity index is 1.48. The van der Waals surface area contributed by atoms with Gasteiger partial charge in [0.1, 0.15) is 11.3 Å². The van der Waals surface area contributed by atoms with E-state index in [0.717, 1.165) is 19.3 Å². The van der Waals surface area contributed by atoms with Crippen LogP contribution in [0.2, 0.25) is 0 Å². The number of benzene rings is 1. The van der Waals surface area contributed by atoms with Crippen molar-refractivity contribution in [3.05, 3.63) is 30.3 Å². The summed E-state index contributed by atoms with van der Waals surface area (Å²) in [4.78, 5) is 48.7. The van der Waals surface area contributed by atoms with Gasteiger partial charge in [0.05, 0.1) is 0 Å². The molecule has 1 aliphatic heterocycles. The lowest BCUT2D eigenvalue weighted by molar-refractivity contribution is -0.156. The second kappa shape index (κ2) is 8.28. The molecule has 0 aromatic heterocycles. The van der Waals surface area contributed by atoms with E-state index in [-0.39, 0.29) is 0 Å². The lowest BCUT2D eigenvalue weighted by Gasteiger charge is -2.30. The number of nitrogens with one attached hydrogen (secondary N) is 2. The van der Waals surface area contributed by atoms with E-state index < -0.39 is 42.1 Å². The molecule has 28 heavy (non-hydrogen) atoms. The summed E-state index contributed by atoms with van der Waals surface area (Å²) >= 11 is 0. The highest BCUT2D eigenvalue weighted by Gasteiger charge is 2.52. The van der Waals surface area contributed by atoms with Crippen molar-refractivity contribution < 1.29 is 28.7 Å². The normalized spacial score (nSPS) is 19.1. The van der Waals surface area contributed by atoms with Crippen LogP contribution in [0.15, 0.2) is 30.3 Å². The number of hydrogen-bond donors (Lipinski definition) is 2. The summed E-state index contributed by atoms with van der Waals surface area (Å²) in [5.74, 6) is -1.50. The second-order valence-corrected chi connectivity index (χ2v) is 6.93. The Hall–Kier alpha value is -3.10. The number of ether oxygens (including phenoxy) is 2. The molecule has 3 rings (SSSR count). The average molecular weight is 389 g/mol. The van der Waals surface area contributed by atoms with E-state index >= 15 is 0 Å². The van der Waals surface area contributed by atoms with Gasteiger partial charge >= 0.3 is 12.0 Å². The molecule has 0 unspecified atom stereocenters. The maximum atomic E-state index is 12.6. The van der Waals surface area contributed by atoms with Crippen LogP contribution in [0, 0.1) is 0 Å². The molecular formula is C19H23N3O6. The molecule has 0 bridgehead atoms. The van der Waals surface area contributed by atoms with Crippen molar-refractivity contribution in [2.45, 2.75) is 50.7 Å². The third-order valence-electron chi connectivity index (χ3n) is 4.84. The Morgan fingerprint density at radius 2 is 1.86 bits per heavy atom. The quantitative estimate of drug-likeness (QED) is 0.560. The molecule has 0 radical (unpaired) electrons. The highest BCUT2D eigenvalue weighted by Crippen LogP contribution is 2.32. The van der Waals surface area contributed by atoms with Gasteiger partial charge in [0.15, 0.2) is 12.7 Å². The fraction of sp³-hybridized carbons (Fsp3) is 0.474. The predicted octanol–water partition coefficient (Wildman–Crippen LogP) is 1.28. The van der Waals surface area contributed by atoms with Crippen molar-refractivity contribution >= 4 is 23.8 Å². The van der Waals surface area contributed by atoms with Gasteiger partial charge in [0.25, 0.3) is 11.8 Å². The van der Waals surface area contributed by atoms with Crippen LogP contribution in [-0.2, 0) is 19.1 Å². The van der Waals surface area contributed by atoms with E-state index in [9.17, 15) is 19.2 Å². The summed E-state index contributed by atoms with van der Waals surface area (Å²) in [7, 11) is 0. The maximum Gasteiger partial charge on any atom is 0.347 e. The number of rotatable bonds is 6. The Morgan fingerprint density at radius 3 is 2.54 bits per heavy atom. The standard InChI is InChI=1S/C19H23N3O6/c1-13(28-14-8-4-2-5-9-14)16(24)27-12-15(23)21-22-17(25)19(20-18(22)26)10-6-3-7-11-19/h2,4-5,8-9,13H,3,6-7,10-12H2,1H3,(H,20,26)(H,21,23)/t13-/m0/s1. The number of hydrazine groups is 1. The Morgan fingerprint density at radius 1 is 1.18 bits per heavy atom. The molecule has 1 atom stereocenters. The van der Waals surface area contributed by atoms with Gasteiger partial charge in [-0.2, -0.15) is 5.01 Å². The lowest BCUT2D eigenvalue weighted by atomic mass is 9.82. The average Bonchev–Trinajstić information content (AvgIpc) is 2.91. The molecule has 1 saturated carbocycles. The van der Waals surface area contributed by atoms with Gasteiger partial charge < -0.3 is 14.8 Å². The number of urea groups is 1. The molecule has 2 N–H and O–H groups in total. The van der Waals surface area contributed by atoms with Crippen LogP contribution >= 0.6 is 0 Å². The highest BCUT2D eigenvalue weighted by atomic mass is 16.6. The van der Waals surface area contributed by atoms with Gasteiger partial charge in [-0.25, -0.2) is 9.59 Å². The monoisotopic (exact) mass is 389 g/mol. The predicted molar refractivity (Wildman–Crippen MR) is 96.8 cm³/mol. The van der Waals surface area contributed by atoms with E-state index in [2.05, 4.69) is 10.7 Å². The molecular weight excluding hydrogens is 366 g/mol. The number of nitrogens with zero attached hydrogens (tertiary/aromatic N) is 1. The number of esters is 1. The zero-order valence-corrected chi connectivity index (χ0v) is 15.6. The van der Waals surface area contributed by atoms with Gasteiger partial charge in [0, 0.05) is 0 Å². The van der Waals surface area contributed by atoms with E-state index in [4.69, 9.17) is 9.47 Å². The van der Waals surface area contributed by atoms with Crippen LogP contribution in [-0.4, -0.2) is 47.1 Å². The number of amides is 4. The first-order valence-electron chi connectivity index (χ1n) is 9.26. The SMILES string of the molecule is C[C@H](Oc1ccccc1)C(=O)OCC(=O)NN1C(=O)NC2(CCCCC2)C1=O. The van der Waals surface area contributed by atoms with Gasteiger partial charge in [-0.1, -0.05) is 37.5 Å². The van der Waals surface area contributed by atoms with Crippen molar-refractivity contribution in [2.75, 3.05) is 6.61 Å². The summed E-state index contributed by atoms with van der Waals surface area (Å²) in [5, 5.41) is 3.35. The summed E-state index contributed by atoms with van der Waals surface area (Å²) < 4.78 is 10.3. The smallest absolute Gasteiger partial charge is 0.347 e. The first-order valence-corrected chi connectivity index (χ1v) is 9.26. The largest absolute Gasteiger partial charge is 0.479 e. The fourth-order valence-electron chi connectivity index (χ4n) is 3.38. The molecule has 1 heterocycles. The lowest BCUT2D eigenvalue weighted by Crippen LogP contribution is -2.51. The van der Waals surface area contributed by atoms with Crippen molar-refractivity contribution in [3.8, 4) is 5.75 Å². The summed E-state index contributed by atoms with van der Waals surface area (Å²) in [6.07, 6.45) is 2.87. The molecule has 1 spiro atoms. The number of carbonyl (C=O) groups excluding carboxylic acids is 4. The van der Waals surface area contributed by atoms with Gasteiger partial charge in [-0.3, -0.25) is 15.0 Å². The number of para-hydroxylation sites is 1. The Kier molecular flexibility index (Phi) is 5.81. The summed E-state index contributed by atoms with van der Waals surface area (Å²) in [6.45, 7) is 0.864. The van der Waals surface area contributed by atoms with E-state index in [1.54, 1.807) is 24.3 Å². The molecule has 1 saturated heterocycles.